The minimum Gasteiger partial charge on any atom is -0.396 e. The van der Waals surface area contributed by atoms with Crippen LogP contribution in [-0.4, -0.2) is 92.4 Å². The number of carbonyl (C=O) groups excluding carboxylic acids is 3. The summed E-state index contributed by atoms with van der Waals surface area (Å²) >= 11 is 1.62. The number of rotatable bonds is 5. The fourth-order valence-electron chi connectivity index (χ4n) is 5.76. The molecular weight excluding hydrogens is 414 g/mol. The third-order valence-electron chi connectivity index (χ3n) is 7.22. The van der Waals surface area contributed by atoms with Crippen LogP contribution in [0.5, 0.6) is 0 Å². The quantitative estimate of drug-likeness (QED) is 0.507. The van der Waals surface area contributed by atoms with Gasteiger partial charge in [-0.3, -0.25) is 14.4 Å². The number of thioether (sulfide) groups is 1. The van der Waals surface area contributed by atoms with E-state index in [0.29, 0.717) is 32.5 Å². The van der Waals surface area contributed by atoms with E-state index in [9.17, 15) is 19.5 Å². The summed E-state index contributed by atoms with van der Waals surface area (Å²) in [6, 6.07) is -0.619. The molecule has 4 aliphatic rings. The summed E-state index contributed by atoms with van der Waals surface area (Å²) < 4.78 is -1.32. The Balaban J connectivity index is 1.84. The molecule has 0 aromatic carbocycles. The van der Waals surface area contributed by atoms with Crippen LogP contribution in [0.25, 0.3) is 0 Å². The molecule has 0 saturated carbocycles. The molecule has 8 heteroatoms. The first kappa shape index (κ1) is 22.4. The van der Waals surface area contributed by atoms with Crippen LogP contribution in [-0.2, 0) is 14.4 Å². The van der Waals surface area contributed by atoms with E-state index in [1.54, 1.807) is 28.6 Å². The highest BCUT2D eigenvalue weighted by Gasteiger charge is 2.73. The van der Waals surface area contributed by atoms with Crippen molar-refractivity contribution in [3.63, 3.8) is 0 Å². The summed E-state index contributed by atoms with van der Waals surface area (Å²) in [4.78, 5) is 46.4. The molecule has 170 valence electrons. The van der Waals surface area contributed by atoms with Crippen LogP contribution < -0.4 is 0 Å². The van der Waals surface area contributed by atoms with Gasteiger partial charge >= 0.3 is 0 Å². The lowest BCUT2D eigenvalue weighted by molar-refractivity contribution is -0.145. The van der Waals surface area contributed by atoms with Gasteiger partial charge in [-0.2, -0.15) is 0 Å². The molecule has 4 rings (SSSR count). The molecule has 0 aromatic heterocycles. The van der Waals surface area contributed by atoms with Crippen LogP contribution >= 0.6 is 11.8 Å². The second kappa shape index (κ2) is 7.96. The topological polar surface area (TPSA) is 81.2 Å². The highest BCUT2D eigenvalue weighted by molar-refractivity contribution is 8.02. The third-order valence-corrected chi connectivity index (χ3v) is 9.02. The zero-order valence-electron chi connectivity index (χ0n) is 18.8. The second-order valence-corrected chi connectivity index (χ2v) is 11.4. The molecule has 3 amide bonds. The fourth-order valence-corrected chi connectivity index (χ4v) is 7.92. The minimum absolute atomic E-state index is 0.0147. The molecule has 31 heavy (non-hydrogen) atoms. The van der Waals surface area contributed by atoms with Gasteiger partial charge < -0.3 is 19.8 Å². The Hall–Kier alpha value is -1.80. The molecule has 0 aromatic rings. The molecular formula is C23H33N3O4S. The zero-order chi connectivity index (χ0) is 22.6. The first-order chi connectivity index (χ1) is 14.7. The number of aliphatic hydroxyl groups is 1. The molecule has 0 aliphatic carbocycles. The number of carbonyl (C=O) groups is 3. The normalized spacial score (nSPS) is 37.3. The van der Waals surface area contributed by atoms with Gasteiger partial charge in [-0.05, 0) is 33.6 Å². The molecule has 1 spiro atoms. The Morgan fingerprint density at radius 2 is 1.77 bits per heavy atom. The van der Waals surface area contributed by atoms with E-state index < -0.39 is 27.4 Å². The molecule has 2 fully saturated rings. The summed E-state index contributed by atoms with van der Waals surface area (Å²) in [5, 5.41) is 9.24. The van der Waals surface area contributed by atoms with Crippen LogP contribution in [0.15, 0.2) is 24.3 Å². The molecule has 5 atom stereocenters. The van der Waals surface area contributed by atoms with Gasteiger partial charge in [0, 0.05) is 44.1 Å². The van der Waals surface area contributed by atoms with Crippen molar-refractivity contribution >= 4 is 29.5 Å². The number of likely N-dealkylation sites (tertiary alicyclic amines) is 1. The van der Waals surface area contributed by atoms with Gasteiger partial charge in [0.2, 0.25) is 17.7 Å². The van der Waals surface area contributed by atoms with Crippen molar-refractivity contribution in [1.29, 1.82) is 0 Å². The average molecular weight is 448 g/mol. The van der Waals surface area contributed by atoms with Crippen molar-refractivity contribution in [2.24, 2.45) is 11.8 Å². The molecule has 4 aliphatic heterocycles. The number of nitrogens with zero attached hydrogens (tertiary/aromatic N) is 3. The van der Waals surface area contributed by atoms with Crippen molar-refractivity contribution in [1.82, 2.24) is 14.7 Å². The summed E-state index contributed by atoms with van der Waals surface area (Å²) in [5.74, 6) is -1.27. The van der Waals surface area contributed by atoms with Gasteiger partial charge in [-0.15, -0.1) is 11.8 Å². The number of aliphatic hydroxyl groups excluding tert-OH is 1. The van der Waals surface area contributed by atoms with Gasteiger partial charge in [-0.1, -0.05) is 24.3 Å². The third kappa shape index (κ3) is 3.25. The van der Waals surface area contributed by atoms with Crippen molar-refractivity contribution in [3.8, 4) is 0 Å². The molecule has 2 saturated heterocycles. The van der Waals surface area contributed by atoms with Crippen LogP contribution in [0.2, 0.25) is 0 Å². The average Bonchev–Trinajstić information content (AvgIpc) is 2.97. The number of hydrogen-bond acceptors (Lipinski definition) is 5. The number of amides is 3. The van der Waals surface area contributed by atoms with Crippen molar-refractivity contribution in [2.75, 3.05) is 33.3 Å². The van der Waals surface area contributed by atoms with Gasteiger partial charge in [0.05, 0.1) is 16.6 Å². The van der Waals surface area contributed by atoms with Crippen LogP contribution in [0.1, 0.15) is 33.6 Å². The number of fused-ring (bicyclic) bond motifs is 2. The van der Waals surface area contributed by atoms with Crippen molar-refractivity contribution in [3.05, 3.63) is 24.3 Å². The second-order valence-electron chi connectivity index (χ2n) is 9.57. The molecule has 4 heterocycles. The molecule has 1 unspecified atom stereocenters. The fraction of sp³-hybridized carbons (Fsp3) is 0.696. The number of unbranched alkanes of at least 4 members (excludes halogenated alkanes) is 1. The van der Waals surface area contributed by atoms with Crippen LogP contribution in [0, 0.1) is 11.8 Å². The Kier molecular flexibility index (Phi) is 5.75. The van der Waals surface area contributed by atoms with Gasteiger partial charge in [0.1, 0.15) is 6.04 Å². The predicted molar refractivity (Wildman–Crippen MR) is 120 cm³/mol. The molecule has 0 bridgehead atoms. The first-order valence-electron chi connectivity index (χ1n) is 11.2. The SMILES string of the molecule is CC(C)N1CC=C[C@]23S[C@]4(C)C=CCN(C)C(=O)[C@@H]4[C@H]2C(=O)N(CCCCO)C3C1=O. The Bertz CT molecular complexity index is 843. The largest absolute Gasteiger partial charge is 0.396 e. The van der Waals surface area contributed by atoms with Crippen LogP contribution in [0.3, 0.4) is 0 Å². The molecule has 1 N–H and O–H groups in total. The summed E-state index contributed by atoms with van der Waals surface area (Å²) in [6.45, 7) is 7.51. The van der Waals surface area contributed by atoms with E-state index in [-0.39, 0.29) is 30.4 Å². The van der Waals surface area contributed by atoms with E-state index in [0.717, 1.165) is 0 Å². The monoisotopic (exact) mass is 447 g/mol. The van der Waals surface area contributed by atoms with E-state index in [2.05, 4.69) is 12.2 Å². The van der Waals surface area contributed by atoms with Crippen molar-refractivity contribution in [2.45, 2.75) is 55.2 Å². The number of hydrogen-bond donors (Lipinski definition) is 1. The van der Waals surface area contributed by atoms with Gasteiger partial charge in [0.15, 0.2) is 0 Å². The zero-order valence-corrected chi connectivity index (χ0v) is 19.6. The van der Waals surface area contributed by atoms with Gasteiger partial charge in [0.25, 0.3) is 0 Å². The maximum atomic E-state index is 13.9. The summed E-state index contributed by atoms with van der Waals surface area (Å²) in [6.07, 6.45) is 9.34. The standard InChI is InChI=1S/C23H33N3O4S/c1-15(2)25-13-8-10-23-17(16-19(28)24(4)11-7-9-22(16,3)31-23)20(29)26(12-5-6-14-27)18(23)21(25)30/h7-10,15-18,27H,5-6,11-14H2,1-4H3/t16-,17-,18?,22+,23-/m0/s1. The lowest BCUT2D eigenvalue weighted by Gasteiger charge is -2.37. The Morgan fingerprint density at radius 1 is 1.06 bits per heavy atom. The molecule has 7 nitrogen and oxygen atoms in total. The van der Waals surface area contributed by atoms with E-state index in [1.165, 1.54) is 0 Å². The van der Waals surface area contributed by atoms with E-state index >= 15 is 0 Å². The van der Waals surface area contributed by atoms with E-state index in [4.69, 9.17) is 0 Å². The highest BCUT2D eigenvalue weighted by atomic mass is 32.2. The maximum Gasteiger partial charge on any atom is 0.247 e. The van der Waals surface area contributed by atoms with E-state index in [1.807, 2.05) is 37.8 Å². The highest BCUT2D eigenvalue weighted by Crippen LogP contribution is 2.65. The minimum atomic E-state index is -0.769. The first-order valence-corrected chi connectivity index (χ1v) is 12.0. The Morgan fingerprint density at radius 3 is 2.45 bits per heavy atom. The van der Waals surface area contributed by atoms with Crippen molar-refractivity contribution < 1.29 is 19.5 Å². The lowest BCUT2D eigenvalue weighted by Crippen LogP contribution is -2.54. The smallest absolute Gasteiger partial charge is 0.247 e. The number of likely N-dealkylation sites (N-methyl/N-ethyl adjacent to an activating group) is 1. The van der Waals surface area contributed by atoms with Crippen LogP contribution in [0.4, 0.5) is 0 Å². The summed E-state index contributed by atoms with van der Waals surface area (Å²) in [7, 11) is 1.78. The van der Waals surface area contributed by atoms with Gasteiger partial charge in [-0.25, -0.2) is 0 Å². The predicted octanol–water partition coefficient (Wildman–Crippen LogP) is 1.28. The lowest BCUT2D eigenvalue weighted by atomic mass is 9.74. The Labute approximate surface area is 188 Å². The summed E-state index contributed by atoms with van der Waals surface area (Å²) in [5.41, 5.74) is 0. The molecule has 0 radical (unpaired) electrons. The maximum absolute atomic E-state index is 13.9.